The predicted molar refractivity (Wildman–Crippen MR) is 210 cm³/mol. The van der Waals surface area contributed by atoms with Crippen LogP contribution in [0.4, 0.5) is 35.3 Å². The molecule has 54 heavy (non-hydrogen) atoms. The van der Waals surface area contributed by atoms with Crippen LogP contribution in [0.25, 0.3) is 11.0 Å². The number of hydrogen-bond donors (Lipinski definition) is 3. The number of nitrogens with zero attached hydrogens (tertiary/aromatic N) is 4. The SMILES string of the molecule is COC(=O)Nc1nc2ccc(C(=O)c3ccccc3)cc2[nH]1.Cl.Cl.OCCN1CCN(CCCN2c3ccccc3Sc3ccc(C(F)(F)F)cc32)CC1. The second kappa shape index (κ2) is 19.3. The molecule has 0 spiro atoms. The lowest BCUT2D eigenvalue weighted by atomic mass is 10.0. The Hall–Kier alpha value is -4.31. The molecule has 16 heteroatoms. The Balaban J connectivity index is 0.000000242. The number of piperazine rings is 1. The molecule has 2 aliphatic rings. The standard InChI is InChI=1S/C22H26F3N3OS.C16H13N3O3.2ClH/c23-22(24,25)17-6-7-21-19(16-17)28(18-4-1-2-5-20(18)30-21)9-3-8-26-10-12-27(13-11-26)14-15-29;1-22-16(21)19-15-17-12-8-7-11(9-13(12)18-15)14(20)10-5-3-2-4-6-10;;/h1-2,4-7,16,29H,3,8-15H2;2-9H,1H3,(H2,17,18,19,21);2*1H. The second-order valence-corrected chi connectivity index (χ2v) is 13.4. The molecule has 0 bridgehead atoms. The van der Waals surface area contributed by atoms with Gasteiger partial charge in [0.2, 0.25) is 5.95 Å². The number of aliphatic hydroxyl groups is 1. The van der Waals surface area contributed by atoms with Crippen molar-refractivity contribution in [2.24, 2.45) is 0 Å². The molecule has 0 atom stereocenters. The van der Waals surface area contributed by atoms with Gasteiger partial charge in [0.15, 0.2) is 5.78 Å². The number of fused-ring (bicyclic) bond motifs is 3. The molecule has 3 N–H and O–H groups in total. The maximum Gasteiger partial charge on any atom is 0.416 e. The Morgan fingerprint density at radius 3 is 2.19 bits per heavy atom. The van der Waals surface area contributed by atoms with E-state index in [0.717, 1.165) is 54.6 Å². The topological polar surface area (TPSA) is 114 Å². The third kappa shape index (κ3) is 10.5. The molecule has 288 valence electrons. The average Bonchev–Trinajstić information content (AvgIpc) is 3.56. The highest BCUT2D eigenvalue weighted by atomic mass is 35.5. The maximum absolute atomic E-state index is 13.3. The van der Waals surface area contributed by atoms with Crippen molar-refractivity contribution >= 4 is 76.8 Å². The van der Waals surface area contributed by atoms with Crippen LogP contribution in [0.15, 0.2) is 101 Å². The van der Waals surface area contributed by atoms with Crippen molar-refractivity contribution < 1.29 is 32.6 Å². The van der Waals surface area contributed by atoms with E-state index in [0.29, 0.717) is 40.9 Å². The summed E-state index contributed by atoms with van der Waals surface area (Å²) in [6.07, 6.45) is -4.09. The molecule has 1 saturated heterocycles. The molecule has 5 aromatic rings. The summed E-state index contributed by atoms with van der Waals surface area (Å²) in [5.74, 6) is 0.200. The van der Waals surface area contributed by atoms with Gasteiger partial charge in [-0.15, -0.1) is 24.8 Å². The summed E-state index contributed by atoms with van der Waals surface area (Å²) in [4.78, 5) is 39.3. The number of hydrogen-bond acceptors (Lipinski definition) is 9. The number of halogens is 5. The quantitative estimate of drug-likeness (QED) is 0.127. The number of ketones is 1. The number of imidazole rings is 1. The molecule has 1 fully saturated rings. The van der Waals surface area contributed by atoms with E-state index in [4.69, 9.17) is 5.11 Å². The predicted octanol–water partition coefficient (Wildman–Crippen LogP) is 8.12. The first kappa shape index (κ1) is 42.4. The highest BCUT2D eigenvalue weighted by Crippen LogP contribution is 2.49. The van der Waals surface area contributed by atoms with Crippen molar-refractivity contribution in [2.45, 2.75) is 22.4 Å². The molecule has 7 rings (SSSR count). The number of aromatic nitrogens is 2. The van der Waals surface area contributed by atoms with Crippen LogP contribution in [0.2, 0.25) is 0 Å². The van der Waals surface area contributed by atoms with E-state index in [-0.39, 0.29) is 43.2 Å². The summed E-state index contributed by atoms with van der Waals surface area (Å²) in [6, 6.07) is 26.1. The first-order valence-electron chi connectivity index (χ1n) is 16.9. The highest BCUT2D eigenvalue weighted by Gasteiger charge is 2.33. The highest BCUT2D eigenvalue weighted by molar-refractivity contribution is 7.99. The number of ether oxygens (including phenoxy) is 1. The van der Waals surface area contributed by atoms with Crippen molar-refractivity contribution in [3.05, 3.63) is 108 Å². The summed E-state index contributed by atoms with van der Waals surface area (Å²) in [7, 11) is 1.27. The zero-order valence-corrected chi connectivity index (χ0v) is 31.8. The van der Waals surface area contributed by atoms with Crippen molar-refractivity contribution in [3.8, 4) is 0 Å². The Morgan fingerprint density at radius 1 is 0.833 bits per heavy atom. The van der Waals surface area contributed by atoms with Gasteiger partial charge < -0.3 is 24.6 Å². The third-order valence-corrected chi connectivity index (χ3v) is 10.0. The van der Waals surface area contributed by atoms with Gasteiger partial charge in [-0.3, -0.25) is 15.0 Å². The first-order valence-corrected chi connectivity index (χ1v) is 17.7. The Bertz CT molecular complexity index is 2010. The van der Waals surface area contributed by atoms with Gasteiger partial charge in [-0.2, -0.15) is 13.2 Å². The molecular formula is C38H41Cl2F3N6O4S. The molecule has 0 radical (unpaired) electrons. The molecule has 0 unspecified atom stereocenters. The number of carbonyl (C=O) groups excluding carboxylic acids is 2. The minimum Gasteiger partial charge on any atom is -0.453 e. The van der Waals surface area contributed by atoms with Crippen LogP contribution < -0.4 is 10.2 Å². The number of alkyl halides is 3. The average molecular weight is 806 g/mol. The summed E-state index contributed by atoms with van der Waals surface area (Å²) in [5, 5.41) is 11.5. The van der Waals surface area contributed by atoms with E-state index in [2.05, 4.69) is 29.8 Å². The minimum absolute atomic E-state index is 0. The van der Waals surface area contributed by atoms with Crippen LogP contribution >= 0.6 is 36.6 Å². The van der Waals surface area contributed by atoms with E-state index in [1.165, 1.54) is 31.0 Å². The fraction of sp³-hybridized carbons (Fsp3) is 0.289. The largest absolute Gasteiger partial charge is 0.453 e. The van der Waals surface area contributed by atoms with Crippen LogP contribution in [0.5, 0.6) is 0 Å². The molecule has 4 aromatic carbocycles. The van der Waals surface area contributed by atoms with Gasteiger partial charge in [0.1, 0.15) is 0 Å². The van der Waals surface area contributed by atoms with Gasteiger partial charge >= 0.3 is 12.3 Å². The minimum atomic E-state index is -4.35. The third-order valence-electron chi connectivity index (χ3n) is 8.88. The smallest absolute Gasteiger partial charge is 0.416 e. The number of para-hydroxylation sites is 1. The number of β-amino-alcohol motifs (C(OH)–C–C–N with tert-alkyl or cyclic N) is 1. The number of carbonyl (C=O) groups is 2. The summed E-state index contributed by atoms with van der Waals surface area (Å²) < 4.78 is 44.4. The lowest BCUT2D eigenvalue weighted by Crippen LogP contribution is -2.47. The van der Waals surface area contributed by atoms with Gasteiger partial charge in [0.05, 0.1) is 41.7 Å². The van der Waals surface area contributed by atoms with E-state index < -0.39 is 17.8 Å². The van der Waals surface area contributed by atoms with E-state index in [1.54, 1.807) is 36.4 Å². The molecule has 10 nitrogen and oxygen atoms in total. The number of methoxy groups -OCH3 is 1. The molecule has 0 aliphatic carbocycles. The molecule has 2 aliphatic heterocycles. The number of nitrogens with one attached hydrogen (secondary N) is 2. The fourth-order valence-electron chi connectivity index (χ4n) is 6.19. The first-order chi connectivity index (χ1) is 25.1. The number of amides is 1. The number of benzene rings is 4. The second-order valence-electron chi connectivity index (χ2n) is 12.3. The van der Waals surface area contributed by atoms with Crippen molar-refractivity contribution in [1.82, 2.24) is 19.8 Å². The molecule has 1 aromatic heterocycles. The summed E-state index contributed by atoms with van der Waals surface area (Å²) >= 11 is 1.53. The van der Waals surface area contributed by atoms with E-state index in [1.807, 2.05) is 47.4 Å². The van der Waals surface area contributed by atoms with Gasteiger partial charge in [-0.05, 0) is 61.5 Å². The monoisotopic (exact) mass is 804 g/mol. The van der Waals surface area contributed by atoms with Crippen LogP contribution in [-0.2, 0) is 10.9 Å². The zero-order valence-electron chi connectivity index (χ0n) is 29.3. The van der Waals surface area contributed by atoms with E-state index >= 15 is 0 Å². The zero-order chi connectivity index (χ0) is 36.7. The van der Waals surface area contributed by atoms with Gasteiger partial charge in [-0.1, -0.05) is 54.2 Å². The van der Waals surface area contributed by atoms with Gasteiger partial charge in [0.25, 0.3) is 0 Å². The van der Waals surface area contributed by atoms with E-state index in [9.17, 15) is 22.8 Å². The summed E-state index contributed by atoms with van der Waals surface area (Å²) in [6.45, 7) is 6.29. The number of aliphatic hydroxyl groups excluding tert-OH is 1. The lowest BCUT2D eigenvalue weighted by Gasteiger charge is -2.36. The van der Waals surface area contributed by atoms with Crippen LogP contribution in [0.3, 0.4) is 0 Å². The number of anilines is 3. The molecular weight excluding hydrogens is 764 g/mol. The number of rotatable bonds is 9. The normalized spacial score (nSPS) is 14.1. The molecule has 3 heterocycles. The fourth-order valence-corrected chi connectivity index (χ4v) is 7.27. The Kier molecular flexibility index (Phi) is 15.2. The van der Waals surface area contributed by atoms with Crippen molar-refractivity contribution in [2.75, 3.05) is 69.7 Å². The number of aromatic amines is 1. The van der Waals surface area contributed by atoms with Crippen molar-refractivity contribution in [1.29, 1.82) is 0 Å². The van der Waals surface area contributed by atoms with Crippen LogP contribution in [0.1, 0.15) is 27.9 Å². The van der Waals surface area contributed by atoms with Crippen molar-refractivity contribution in [3.63, 3.8) is 0 Å². The molecule has 1 amide bonds. The van der Waals surface area contributed by atoms with Gasteiger partial charge in [0, 0.05) is 60.2 Å². The van der Waals surface area contributed by atoms with Crippen LogP contribution in [-0.4, -0.2) is 96.3 Å². The maximum atomic E-state index is 13.3. The Labute approximate surface area is 327 Å². The summed E-state index contributed by atoms with van der Waals surface area (Å²) in [5.41, 5.74) is 3.49. The Morgan fingerprint density at radius 2 is 1.50 bits per heavy atom. The number of H-pyrrole nitrogens is 1. The molecule has 0 saturated carbocycles. The van der Waals surface area contributed by atoms with Crippen LogP contribution in [0, 0.1) is 0 Å². The van der Waals surface area contributed by atoms with Gasteiger partial charge in [-0.25, -0.2) is 9.78 Å². The lowest BCUT2D eigenvalue weighted by molar-refractivity contribution is -0.137.